The van der Waals surface area contributed by atoms with Crippen molar-refractivity contribution in [2.45, 2.75) is 32.1 Å². The Hall–Kier alpha value is -1.60. The Morgan fingerprint density at radius 2 is 2.14 bits per heavy atom. The van der Waals surface area contributed by atoms with Crippen LogP contribution in [0.1, 0.15) is 36.1 Å². The first kappa shape index (κ1) is 14.3. The molecule has 0 spiro atoms. The first-order chi connectivity index (χ1) is 10.2. The van der Waals surface area contributed by atoms with Crippen LogP contribution in [0, 0.1) is 17.2 Å². The molecule has 112 valence electrons. The van der Waals surface area contributed by atoms with E-state index in [1.807, 2.05) is 0 Å². The molecule has 0 unspecified atom stereocenters. The number of likely N-dealkylation sites (tertiary alicyclic amines) is 1. The number of anilines is 1. The number of hydrogen-bond acceptors (Lipinski definition) is 4. The third kappa shape index (κ3) is 3.03. The number of nitrogens with zero attached hydrogens (tertiary/aromatic N) is 4. The summed E-state index contributed by atoms with van der Waals surface area (Å²) in [6.07, 6.45) is 5.81. The van der Waals surface area contributed by atoms with Crippen LogP contribution in [0.2, 0.25) is 0 Å². The molecule has 21 heavy (non-hydrogen) atoms. The van der Waals surface area contributed by atoms with Crippen LogP contribution in [-0.2, 0) is 12.8 Å². The van der Waals surface area contributed by atoms with E-state index in [-0.39, 0.29) is 0 Å². The summed E-state index contributed by atoms with van der Waals surface area (Å²) in [5.74, 6) is 1.60. The lowest BCUT2D eigenvalue weighted by Gasteiger charge is -2.32. The third-order valence-corrected chi connectivity index (χ3v) is 4.88. The molecule has 2 aliphatic rings. The first-order valence-electron chi connectivity index (χ1n) is 8.00. The van der Waals surface area contributed by atoms with Gasteiger partial charge in [0.2, 0.25) is 0 Å². The molecule has 0 bridgehead atoms. The summed E-state index contributed by atoms with van der Waals surface area (Å²) in [4.78, 5) is 9.39. The van der Waals surface area contributed by atoms with Crippen LogP contribution in [0.25, 0.3) is 0 Å². The lowest BCUT2D eigenvalue weighted by Crippen LogP contribution is -2.36. The summed E-state index contributed by atoms with van der Waals surface area (Å²) in [5, 5.41) is 9.42. The van der Waals surface area contributed by atoms with E-state index in [1.165, 1.54) is 43.6 Å². The lowest BCUT2D eigenvalue weighted by atomic mass is 9.96. The standard InChI is InChI=1S/C17H24N4/c1-20-8-6-13(7-9-20)12-21(2)17-15(11-18)10-14-4-3-5-16(14)19-17/h10,13H,3-9,12H2,1-2H3. The molecule has 0 atom stereocenters. The van der Waals surface area contributed by atoms with Gasteiger partial charge in [-0.1, -0.05) is 0 Å². The van der Waals surface area contributed by atoms with Crippen LogP contribution in [0.4, 0.5) is 5.82 Å². The van der Waals surface area contributed by atoms with Gasteiger partial charge < -0.3 is 9.80 Å². The zero-order chi connectivity index (χ0) is 14.8. The highest BCUT2D eigenvalue weighted by molar-refractivity contribution is 5.56. The molecular weight excluding hydrogens is 260 g/mol. The van der Waals surface area contributed by atoms with Gasteiger partial charge in [0.1, 0.15) is 11.9 Å². The molecule has 0 amide bonds. The maximum Gasteiger partial charge on any atom is 0.146 e. The SMILES string of the molecule is CN1CCC(CN(C)c2nc3c(cc2C#N)CCC3)CC1. The van der Waals surface area contributed by atoms with Crippen LogP contribution < -0.4 is 4.90 Å². The van der Waals surface area contributed by atoms with E-state index in [0.717, 1.165) is 30.8 Å². The average Bonchev–Trinajstić information content (AvgIpc) is 2.95. The minimum atomic E-state index is 0.716. The molecule has 0 saturated carbocycles. The quantitative estimate of drug-likeness (QED) is 0.853. The highest BCUT2D eigenvalue weighted by atomic mass is 15.2. The van der Waals surface area contributed by atoms with Gasteiger partial charge in [0.05, 0.1) is 5.56 Å². The van der Waals surface area contributed by atoms with E-state index in [9.17, 15) is 5.26 Å². The zero-order valence-electron chi connectivity index (χ0n) is 13.1. The number of piperidine rings is 1. The molecule has 0 N–H and O–H groups in total. The van der Waals surface area contributed by atoms with E-state index >= 15 is 0 Å². The number of nitriles is 1. The van der Waals surface area contributed by atoms with Crippen LogP contribution in [0.3, 0.4) is 0 Å². The zero-order valence-corrected chi connectivity index (χ0v) is 13.1. The molecule has 4 heteroatoms. The van der Waals surface area contributed by atoms with Crippen molar-refractivity contribution in [3.63, 3.8) is 0 Å². The monoisotopic (exact) mass is 284 g/mol. The molecule has 1 saturated heterocycles. The van der Waals surface area contributed by atoms with Gasteiger partial charge in [-0.25, -0.2) is 4.98 Å². The summed E-state index contributed by atoms with van der Waals surface area (Å²) in [6.45, 7) is 3.37. The first-order valence-corrected chi connectivity index (χ1v) is 8.00. The molecule has 1 aliphatic carbocycles. The van der Waals surface area contributed by atoms with Crippen LogP contribution in [-0.4, -0.2) is 43.6 Å². The van der Waals surface area contributed by atoms with Gasteiger partial charge in [-0.05, 0) is 69.8 Å². The van der Waals surface area contributed by atoms with Crippen molar-refractivity contribution in [3.8, 4) is 6.07 Å². The van der Waals surface area contributed by atoms with Gasteiger partial charge >= 0.3 is 0 Å². The Balaban J connectivity index is 1.75. The number of hydrogen-bond donors (Lipinski definition) is 0. The Morgan fingerprint density at radius 3 is 2.86 bits per heavy atom. The van der Waals surface area contributed by atoms with Crippen molar-refractivity contribution >= 4 is 5.82 Å². The van der Waals surface area contributed by atoms with Gasteiger partial charge in [0.25, 0.3) is 0 Å². The predicted octanol–water partition coefficient (Wildman–Crippen LogP) is 2.22. The summed E-state index contributed by atoms with van der Waals surface area (Å²) in [6, 6.07) is 4.40. The highest BCUT2D eigenvalue weighted by Crippen LogP contribution is 2.27. The fourth-order valence-corrected chi connectivity index (χ4v) is 3.55. The number of aryl methyl sites for hydroxylation is 2. The molecule has 0 radical (unpaired) electrons. The van der Waals surface area contributed by atoms with E-state index in [2.05, 4.69) is 36.0 Å². The summed E-state index contributed by atoms with van der Waals surface area (Å²) >= 11 is 0. The van der Waals surface area contributed by atoms with Crippen molar-refractivity contribution < 1.29 is 0 Å². The molecule has 1 aliphatic heterocycles. The topological polar surface area (TPSA) is 43.2 Å². The van der Waals surface area contributed by atoms with Crippen molar-refractivity contribution in [2.24, 2.45) is 5.92 Å². The van der Waals surface area contributed by atoms with Crippen molar-refractivity contribution in [1.82, 2.24) is 9.88 Å². The lowest BCUT2D eigenvalue weighted by molar-refractivity contribution is 0.222. The average molecular weight is 284 g/mol. The van der Waals surface area contributed by atoms with Gasteiger partial charge in [-0.3, -0.25) is 0 Å². The minimum absolute atomic E-state index is 0.716. The van der Waals surface area contributed by atoms with E-state index in [0.29, 0.717) is 5.92 Å². The molecule has 1 fully saturated rings. The van der Waals surface area contributed by atoms with Gasteiger partial charge in [0, 0.05) is 19.3 Å². The van der Waals surface area contributed by atoms with Gasteiger partial charge in [0.15, 0.2) is 0 Å². The summed E-state index contributed by atoms with van der Waals surface area (Å²) in [5.41, 5.74) is 3.23. The molecule has 2 heterocycles. The predicted molar refractivity (Wildman–Crippen MR) is 84.5 cm³/mol. The van der Waals surface area contributed by atoms with Crippen molar-refractivity contribution in [3.05, 3.63) is 22.9 Å². The number of pyridine rings is 1. The molecule has 1 aromatic heterocycles. The van der Waals surface area contributed by atoms with Crippen molar-refractivity contribution in [1.29, 1.82) is 5.26 Å². The fraction of sp³-hybridized carbons (Fsp3) is 0.647. The second kappa shape index (κ2) is 6.03. The maximum atomic E-state index is 9.42. The van der Waals surface area contributed by atoms with E-state index in [1.54, 1.807) is 0 Å². The largest absolute Gasteiger partial charge is 0.358 e. The van der Waals surface area contributed by atoms with E-state index in [4.69, 9.17) is 4.98 Å². The Kier molecular flexibility index (Phi) is 4.12. The van der Waals surface area contributed by atoms with Gasteiger partial charge in [-0.2, -0.15) is 5.26 Å². The summed E-state index contributed by atoms with van der Waals surface area (Å²) in [7, 11) is 4.28. The van der Waals surface area contributed by atoms with E-state index < -0.39 is 0 Å². The molecule has 0 aromatic carbocycles. The number of fused-ring (bicyclic) bond motifs is 1. The minimum Gasteiger partial charge on any atom is -0.358 e. The maximum absolute atomic E-state index is 9.42. The second-order valence-corrected chi connectivity index (χ2v) is 6.56. The molecule has 1 aromatic rings. The highest BCUT2D eigenvalue weighted by Gasteiger charge is 2.22. The second-order valence-electron chi connectivity index (χ2n) is 6.56. The Bertz CT molecular complexity index is 553. The third-order valence-electron chi connectivity index (χ3n) is 4.88. The number of rotatable bonds is 3. The molecular formula is C17H24N4. The molecule has 4 nitrogen and oxygen atoms in total. The summed E-state index contributed by atoms with van der Waals surface area (Å²) < 4.78 is 0. The van der Waals surface area contributed by atoms with Crippen molar-refractivity contribution in [2.75, 3.05) is 38.6 Å². The van der Waals surface area contributed by atoms with Crippen LogP contribution in [0.5, 0.6) is 0 Å². The molecule has 3 rings (SSSR count). The van der Waals surface area contributed by atoms with Crippen LogP contribution >= 0.6 is 0 Å². The number of aromatic nitrogens is 1. The Labute approximate surface area is 127 Å². The van der Waals surface area contributed by atoms with Crippen LogP contribution in [0.15, 0.2) is 6.07 Å². The smallest absolute Gasteiger partial charge is 0.146 e. The van der Waals surface area contributed by atoms with Gasteiger partial charge in [-0.15, -0.1) is 0 Å². The normalized spacial score (nSPS) is 19.3. The Morgan fingerprint density at radius 1 is 1.38 bits per heavy atom. The fourth-order valence-electron chi connectivity index (χ4n) is 3.55.